The molecule has 3 N–H and O–H groups in total. The lowest BCUT2D eigenvalue weighted by Crippen LogP contribution is -2.30. The molecule has 0 radical (unpaired) electrons. The highest BCUT2D eigenvalue weighted by molar-refractivity contribution is 7.89. The zero-order valence-electron chi connectivity index (χ0n) is 11.5. The second-order valence-corrected chi connectivity index (χ2v) is 7.04. The molecule has 1 aliphatic rings. The lowest BCUT2D eigenvalue weighted by molar-refractivity contribution is 0.449. The number of nitrogens with zero attached hydrogens (tertiary/aromatic N) is 2. The molecule has 108 valence electrons. The number of aryl methyl sites for hydroxylation is 1. The molecule has 0 spiro atoms. The summed E-state index contributed by atoms with van der Waals surface area (Å²) in [5.41, 5.74) is 5.84. The summed E-state index contributed by atoms with van der Waals surface area (Å²) in [4.78, 5) is 0.0849. The van der Waals surface area contributed by atoms with Gasteiger partial charge in [-0.05, 0) is 31.6 Å². The fourth-order valence-corrected chi connectivity index (χ4v) is 3.56. The molecule has 7 heteroatoms. The Labute approximate surface area is 114 Å². The van der Waals surface area contributed by atoms with Crippen molar-refractivity contribution < 1.29 is 8.42 Å². The zero-order valence-corrected chi connectivity index (χ0v) is 12.3. The highest BCUT2D eigenvalue weighted by Gasteiger charge is 2.42. The first-order valence-corrected chi connectivity index (χ1v) is 8.23. The van der Waals surface area contributed by atoms with E-state index in [2.05, 4.69) is 16.7 Å². The highest BCUT2D eigenvalue weighted by atomic mass is 32.2. The average molecular weight is 286 g/mol. The Bertz CT molecular complexity index is 546. The van der Waals surface area contributed by atoms with Crippen molar-refractivity contribution in [2.45, 2.75) is 51.0 Å². The maximum Gasteiger partial charge on any atom is 0.245 e. The Kier molecular flexibility index (Phi) is 3.87. The molecular formula is C12H22N4O2S. The number of nitrogens with one attached hydrogen (secondary N) is 1. The largest absolute Gasteiger partial charge is 0.381 e. The summed E-state index contributed by atoms with van der Waals surface area (Å²) in [5.74, 6) is 0.0645. The number of nitrogen functional groups attached to an aromatic ring is 1. The van der Waals surface area contributed by atoms with Gasteiger partial charge in [0.2, 0.25) is 10.0 Å². The van der Waals surface area contributed by atoms with Gasteiger partial charge in [0.1, 0.15) is 4.90 Å². The highest BCUT2D eigenvalue weighted by Crippen LogP contribution is 2.49. The Balaban J connectivity index is 2.08. The van der Waals surface area contributed by atoms with Gasteiger partial charge in [-0.25, -0.2) is 13.1 Å². The SMILES string of the molecule is CCCC1(CNS(=O)(=O)c2cn(CC)nc2N)CC1. The van der Waals surface area contributed by atoms with E-state index >= 15 is 0 Å². The minimum absolute atomic E-state index is 0.0645. The molecule has 0 bridgehead atoms. The van der Waals surface area contributed by atoms with Crippen LogP contribution in [0.1, 0.15) is 39.5 Å². The second-order valence-electron chi connectivity index (χ2n) is 5.31. The summed E-state index contributed by atoms with van der Waals surface area (Å²) in [6.45, 7) is 5.11. The predicted octanol–water partition coefficient (Wildman–Crippen LogP) is 1.34. The molecule has 2 rings (SSSR count). The van der Waals surface area contributed by atoms with E-state index in [1.165, 1.54) is 10.9 Å². The molecule has 1 aliphatic carbocycles. The van der Waals surface area contributed by atoms with Gasteiger partial charge in [-0.2, -0.15) is 5.10 Å². The predicted molar refractivity (Wildman–Crippen MR) is 74.1 cm³/mol. The van der Waals surface area contributed by atoms with Crippen molar-refractivity contribution in [2.24, 2.45) is 5.41 Å². The van der Waals surface area contributed by atoms with Crippen LogP contribution in [0.2, 0.25) is 0 Å². The van der Waals surface area contributed by atoms with E-state index < -0.39 is 10.0 Å². The van der Waals surface area contributed by atoms with Crippen molar-refractivity contribution >= 4 is 15.8 Å². The van der Waals surface area contributed by atoms with Gasteiger partial charge in [0, 0.05) is 19.3 Å². The Hall–Kier alpha value is -1.08. The normalized spacial score (nSPS) is 17.6. The molecule has 1 aromatic heterocycles. The summed E-state index contributed by atoms with van der Waals surface area (Å²) in [7, 11) is -3.55. The van der Waals surface area contributed by atoms with Gasteiger partial charge in [-0.1, -0.05) is 13.3 Å². The number of rotatable bonds is 7. The van der Waals surface area contributed by atoms with Crippen molar-refractivity contribution in [1.82, 2.24) is 14.5 Å². The number of aromatic nitrogens is 2. The van der Waals surface area contributed by atoms with E-state index in [9.17, 15) is 8.42 Å². The summed E-state index contributed by atoms with van der Waals surface area (Å²) in [6, 6.07) is 0. The Morgan fingerprint density at radius 3 is 2.63 bits per heavy atom. The van der Waals surface area contributed by atoms with Crippen LogP contribution in [0, 0.1) is 5.41 Å². The molecule has 0 amide bonds. The molecular weight excluding hydrogens is 264 g/mol. The van der Waals surface area contributed by atoms with Gasteiger partial charge in [0.25, 0.3) is 0 Å². The van der Waals surface area contributed by atoms with Gasteiger partial charge >= 0.3 is 0 Å². The van der Waals surface area contributed by atoms with Crippen LogP contribution in [0.4, 0.5) is 5.82 Å². The van der Waals surface area contributed by atoms with Crippen LogP contribution < -0.4 is 10.5 Å². The summed E-state index contributed by atoms with van der Waals surface area (Å²) in [6.07, 6.45) is 5.84. The van der Waals surface area contributed by atoms with Gasteiger partial charge in [-0.15, -0.1) is 0 Å². The zero-order chi connectivity index (χ0) is 14.1. The van der Waals surface area contributed by atoms with E-state index in [4.69, 9.17) is 5.73 Å². The van der Waals surface area contributed by atoms with Gasteiger partial charge in [-0.3, -0.25) is 4.68 Å². The topological polar surface area (TPSA) is 90.0 Å². The second kappa shape index (κ2) is 5.13. The van der Waals surface area contributed by atoms with Crippen LogP contribution in [-0.4, -0.2) is 24.7 Å². The monoisotopic (exact) mass is 286 g/mol. The standard InChI is InChI=1S/C12H22N4O2S/c1-3-5-12(6-7-12)9-14-19(17,18)10-8-16(4-2)15-11(10)13/h8,14H,3-7,9H2,1-2H3,(H2,13,15). The summed E-state index contributed by atoms with van der Waals surface area (Å²) < 4.78 is 28.6. The molecule has 0 aliphatic heterocycles. The van der Waals surface area contributed by atoms with E-state index in [1.54, 1.807) is 0 Å². The lowest BCUT2D eigenvalue weighted by Gasteiger charge is -2.14. The summed E-state index contributed by atoms with van der Waals surface area (Å²) >= 11 is 0. The third-order valence-electron chi connectivity index (χ3n) is 3.74. The minimum atomic E-state index is -3.55. The van der Waals surface area contributed by atoms with E-state index in [-0.39, 0.29) is 16.1 Å². The van der Waals surface area contributed by atoms with Crippen LogP contribution in [0.15, 0.2) is 11.1 Å². The first kappa shape index (κ1) is 14.3. The number of sulfonamides is 1. The Morgan fingerprint density at radius 1 is 1.47 bits per heavy atom. The third-order valence-corrected chi connectivity index (χ3v) is 5.16. The molecule has 1 fully saturated rings. The van der Waals surface area contributed by atoms with Gasteiger partial charge < -0.3 is 5.73 Å². The smallest absolute Gasteiger partial charge is 0.245 e. The molecule has 0 unspecified atom stereocenters. The average Bonchev–Trinajstić information content (AvgIpc) is 3.01. The molecule has 0 saturated heterocycles. The van der Waals surface area contributed by atoms with Crippen molar-refractivity contribution in [2.75, 3.05) is 12.3 Å². The molecule has 1 aromatic rings. The van der Waals surface area contributed by atoms with E-state index in [0.717, 1.165) is 25.7 Å². The van der Waals surface area contributed by atoms with Gasteiger partial charge in [0.05, 0.1) is 0 Å². The van der Waals surface area contributed by atoms with Crippen LogP contribution in [0.3, 0.4) is 0 Å². The molecule has 0 aromatic carbocycles. The first-order valence-electron chi connectivity index (χ1n) is 6.75. The molecule has 6 nitrogen and oxygen atoms in total. The lowest BCUT2D eigenvalue weighted by atomic mass is 10.0. The number of nitrogens with two attached hydrogens (primary N) is 1. The molecule has 19 heavy (non-hydrogen) atoms. The fourth-order valence-electron chi connectivity index (χ4n) is 2.34. The van der Waals surface area contributed by atoms with E-state index in [0.29, 0.717) is 13.1 Å². The maximum atomic E-state index is 12.2. The summed E-state index contributed by atoms with van der Waals surface area (Å²) in [5, 5.41) is 3.97. The van der Waals surface area contributed by atoms with Crippen molar-refractivity contribution in [3.8, 4) is 0 Å². The number of hydrogen-bond donors (Lipinski definition) is 2. The minimum Gasteiger partial charge on any atom is -0.381 e. The van der Waals surface area contributed by atoms with Crippen molar-refractivity contribution in [1.29, 1.82) is 0 Å². The van der Waals surface area contributed by atoms with Crippen molar-refractivity contribution in [3.05, 3.63) is 6.20 Å². The third kappa shape index (κ3) is 3.09. The maximum absolute atomic E-state index is 12.2. The van der Waals surface area contributed by atoms with Crippen molar-refractivity contribution in [3.63, 3.8) is 0 Å². The van der Waals surface area contributed by atoms with Crippen LogP contribution in [0.5, 0.6) is 0 Å². The van der Waals surface area contributed by atoms with Crippen LogP contribution in [0.25, 0.3) is 0 Å². The number of anilines is 1. The molecule has 0 atom stereocenters. The van der Waals surface area contributed by atoms with Crippen LogP contribution >= 0.6 is 0 Å². The van der Waals surface area contributed by atoms with E-state index in [1.807, 2.05) is 6.92 Å². The molecule has 1 saturated carbocycles. The fraction of sp³-hybridized carbons (Fsp3) is 0.750. The number of hydrogen-bond acceptors (Lipinski definition) is 4. The Morgan fingerprint density at radius 2 is 2.16 bits per heavy atom. The van der Waals surface area contributed by atoms with Crippen LogP contribution in [-0.2, 0) is 16.6 Å². The quantitative estimate of drug-likeness (QED) is 0.791. The van der Waals surface area contributed by atoms with Gasteiger partial charge in [0.15, 0.2) is 5.82 Å². The molecule has 1 heterocycles. The first-order chi connectivity index (χ1) is 8.92.